The Morgan fingerprint density at radius 2 is 1.69 bits per heavy atom. The van der Waals surface area contributed by atoms with Crippen LogP contribution in [0, 0.1) is 0 Å². The lowest BCUT2D eigenvalue weighted by Crippen LogP contribution is -2.24. The van der Waals surface area contributed by atoms with Gasteiger partial charge in [-0.1, -0.05) is 25.1 Å². The van der Waals surface area contributed by atoms with Crippen LogP contribution < -0.4 is 9.46 Å². The number of sulfonamides is 1. The van der Waals surface area contributed by atoms with E-state index in [0.717, 1.165) is 11.3 Å². The Bertz CT molecular complexity index is 854. The SMILES string of the molecule is CCCNS(=O)(=O)c1ccc(C(=O)/C=C/c2ccc(OCC)cc2)cc1. The van der Waals surface area contributed by atoms with Crippen LogP contribution in [0.15, 0.2) is 59.5 Å². The predicted molar refractivity (Wildman–Crippen MR) is 103 cm³/mol. The first-order valence-corrected chi connectivity index (χ1v) is 9.99. The van der Waals surface area contributed by atoms with E-state index in [1.165, 1.54) is 30.3 Å². The third kappa shape index (κ3) is 5.54. The number of rotatable bonds is 9. The molecule has 0 aliphatic rings. The van der Waals surface area contributed by atoms with Crippen LogP contribution >= 0.6 is 0 Å². The average Bonchev–Trinajstić information content (AvgIpc) is 2.66. The zero-order chi connectivity index (χ0) is 19.0. The number of benzene rings is 2. The topological polar surface area (TPSA) is 72.5 Å². The Morgan fingerprint density at radius 1 is 1.04 bits per heavy atom. The van der Waals surface area contributed by atoms with E-state index in [0.29, 0.717) is 25.1 Å². The van der Waals surface area contributed by atoms with Gasteiger partial charge in [-0.2, -0.15) is 0 Å². The van der Waals surface area contributed by atoms with Gasteiger partial charge in [0.25, 0.3) is 0 Å². The standard InChI is InChI=1S/C20H23NO4S/c1-3-15-21-26(23,24)19-12-8-17(9-13-19)20(22)14-7-16-5-10-18(11-6-16)25-4-2/h5-14,21H,3-4,15H2,1-2H3/b14-7+. The van der Waals surface area contributed by atoms with E-state index in [9.17, 15) is 13.2 Å². The molecule has 0 bridgehead atoms. The summed E-state index contributed by atoms with van der Waals surface area (Å²) in [6.07, 6.45) is 3.90. The number of carbonyl (C=O) groups excluding carboxylic acids is 1. The molecule has 0 atom stereocenters. The number of hydrogen-bond acceptors (Lipinski definition) is 4. The Labute approximate surface area is 154 Å². The number of ketones is 1. The highest BCUT2D eigenvalue weighted by Gasteiger charge is 2.13. The number of ether oxygens (including phenoxy) is 1. The van der Waals surface area contributed by atoms with Gasteiger partial charge < -0.3 is 4.74 Å². The zero-order valence-electron chi connectivity index (χ0n) is 14.9. The quantitative estimate of drug-likeness (QED) is 0.538. The number of nitrogens with one attached hydrogen (secondary N) is 1. The zero-order valence-corrected chi connectivity index (χ0v) is 15.8. The van der Waals surface area contributed by atoms with E-state index < -0.39 is 10.0 Å². The molecule has 2 rings (SSSR count). The molecule has 0 unspecified atom stereocenters. The molecule has 0 aliphatic carbocycles. The van der Waals surface area contributed by atoms with Crippen LogP contribution in [0.5, 0.6) is 5.75 Å². The molecule has 6 heteroatoms. The maximum Gasteiger partial charge on any atom is 0.240 e. The molecule has 2 aromatic rings. The van der Waals surface area contributed by atoms with Crippen LogP contribution in [0.2, 0.25) is 0 Å². The van der Waals surface area contributed by atoms with Crippen molar-refractivity contribution in [2.24, 2.45) is 0 Å². The first kappa shape index (κ1) is 19.9. The maximum absolute atomic E-state index is 12.2. The van der Waals surface area contributed by atoms with E-state index in [4.69, 9.17) is 4.74 Å². The molecule has 0 saturated carbocycles. The summed E-state index contributed by atoms with van der Waals surface area (Å²) in [7, 11) is -3.52. The molecule has 2 aromatic carbocycles. The van der Waals surface area contributed by atoms with E-state index in [1.807, 2.05) is 38.1 Å². The summed E-state index contributed by atoms with van der Waals surface area (Å²) < 4.78 is 31.9. The van der Waals surface area contributed by atoms with Crippen LogP contribution in [0.4, 0.5) is 0 Å². The summed E-state index contributed by atoms with van der Waals surface area (Å²) in [5.74, 6) is 0.591. The summed E-state index contributed by atoms with van der Waals surface area (Å²) in [6, 6.07) is 13.3. The van der Waals surface area contributed by atoms with Crippen LogP contribution in [-0.4, -0.2) is 27.4 Å². The summed E-state index contributed by atoms with van der Waals surface area (Å²) in [4.78, 5) is 12.4. The largest absolute Gasteiger partial charge is 0.494 e. The summed E-state index contributed by atoms with van der Waals surface area (Å²) in [6.45, 7) is 4.80. The molecule has 0 heterocycles. The van der Waals surface area contributed by atoms with E-state index in [1.54, 1.807) is 6.08 Å². The fraction of sp³-hybridized carbons (Fsp3) is 0.250. The minimum atomic E-state index is -3.52. The third-order valence-corrected chi connectivity index (χ3v) is 5.09. The summed E-state index contributed by atoms with van der Waals surface area (Å²) in [5, 5.41) is 0. The van der Waals surface area contributed by atoms with Gasteiger partial charge in [0, 0.05) is 12.1 Å². The smallest absolute Gasteiger partial charge is 0.240 e. The lowest BCUT2D eigenvalue weighted by atomic mass is 10.1. The second-order valence-electron chi connectivity index (χ2n) is 5.62. The fourth-order valence-corrected chi connectivity index (χ4v) is 3.36. The molecule has 1 N–H and O–H groups in total. The maximum atomic E-state index is 12.2. The van der Waals surface area contributed by atoms with Gasteiger partial charge in [-0.25, -0.2) is 13.1 Å². The molecule has 0 saturated heterocycles. The van der Waals surface area contributed by atoms with Crippen LogP contribution in [0.1, 0.15) is 36.2 Å². The van der Waals surface area contributed by atoms with E-state index in [-0.39, 0.29) is 10.7 Å². The lowest BCUT2D eigenvalue weighted by Gasteiger charge is -2.06. The van der Waals surface area contributed by atoms with Gasteiger partial charge in [0.1, 0.15) is 5.75 Å². The summed E-state index contributed by atoms with van der Waals surface area (Å²) in [5.41, 5.74) is 1.31. The monoisotopic (exact) mass is 373 g/mol. The van der Waals surface area contributed by atoms with Crippen molar-refractivity contribution >= 4 is 21.9 Å². The predicted octanol–water partition coefficient (Wildman–Crippen LogP) is 3.67. The normalized spacial score (nSPS) is 11.6. The number of allylic oxidation sites excluding steroid dienone is 1. The molecule has 0 aromatic heterocycles. The molecule has 5 nitrogen and oxygen atoms in total. The average molecular weight is 373 g/mol. The second-order valence-corrected chi connectivity index (χ2v) is 7.39. The number of carbonyl (C=O) groups is 1. The first-order valence-electron chi connectivity index (χ1n) is 8.51. The van der Waals surface area contributed by atoms with Crippen molar-refractivity contribution in [1.29, 1.82) is 0 Å². The van der Waals surface area contributed by atoms with E-state index in [2.05, 4.69) is 4.72 Å². The van der Waals surface area contributed by atoms with Gasteiger partial charge in [0.2, 0.25) is 10.0 Å². The van der Waals surface area contributed by atoms with Gasteiger partial charge in [0.15, 0.2) is 5.78 Å². The van der Waals surface area contributed by atoms with Crippen molar-refractivity contribution in [3.63, 3.8) is 0 Å². The van der Waals surface area contributed by atoms with Gasteiger partial charge in [-0.05, 0) is 61.4 Å². The highest BCUT2D eigenvalue weighted by atomic mass is 32.2. The third-order valence-electron chi connectivity index (χ3n) is 3.61. The Morgan fingerprint density at radius 3 is 2.27 bits per heavy atom. The lowest BCUT2D eigenvalue weighted by molar-refractivity contribution is 0.104. The molecule has 138 valence electrons. The minimum Gasteiger partial charge on any atom is -0.494 e. The molecular formula is C20H23NO4S. The van der Waals surface area contributed by atoms with Crippen LogP contribution in [-0.2, 0) is 10.0 Å². The van der Waals surface area contributed by atoms with Crippen LogP contribution in [0.3, 0.4) is 0 Å². The van der Waals surface area contributed by atoms with E-state index >= 15 is 0 Å². The number of hydrogen-bond donors (Lipinski definition) is 1. The fourth-order valence-electron chi connectivity index (χ4n) is 2.23. The first-order chi connectivity index (χ1) is 12.5. The molecule has 0 fully saturated rings. The highest BCUT2D eigenvalue weighted by Crippen LogP contribution is 2.15. The van der Waals surface area contributed by atoms with Gasteiger partial charge in [-0.15, -0.1) is 0 Å². The molecule has 26 heavy (non-hydrogen) atoms. The van der Waals surface area contributed by atoms with Crippen molar-refractivity contribution in [2.75, 3.05) is 13.2 Å². The molecule has 0 amide bonds. The molecule has 0 aliphatic heterocycles. The minimum absolute atomic E-state index is 0.151. The molecular weight excluding hydrogens is 350 g/mol. The van der Waals surface area contributed by atoms with Crippen molar-refractivity contribution in [1.82, 2.24) is 4.72 Å². The van der Waals surface area contributed by atoms with Crippen molar-refractivity contribution in [2.45, 2.75) is 25.2 Å². The van der Waals surface area contributed by atoms with Crippen molar-refractivity contribution < 1.29 is 17.9 Å². The van der Waals surface area contributed by atoms with Crippen LogP contribution in [0.25, 0.3) is 6.08 Å². The van der Waals surface area contributed by atoms with Gasteiger partial charge in [0.05, 0.1) is 11.5 Å². The van der Waals surface area contributed by atoms with Gasteiger partial charge in [-0.3, -0.25) is 4.79 Å². The Kier molecular flexibility index (Phi) is 7.12. The molecule has 0 radical (unpaired) electrons. The Balaban J connectivity index is 2.05. The van der Waals surface area contributed by atoms with Crippen molar-refractivity contribution in [3.8, 4) is 5.75 Å². The summed E-state index contributed by atoms with van der Waals surface area (Å²) >= 11 is 0. The van der Waals surface area contributed by atoms with Crippen molar-refractivity contribution in [3.05, 3.63) is 65.7 Å². The Hall–Kier alpha value is -2.44. The molecule has 0 spiro atoms. The highest BCUT2D eigenvalue weighted by molar-refractivity contribution is 7.89. The second kappa shape index (κ2) is 9.31. The van der Waals surface area contributed by atoms with Gasteiger partial charge >= 0.3 is 0 Å².